The number of aliphatic carboxylic acids is 1. The summed E-state index contributed by atoms with van der Waals surface area (Å²) in [6.07, 6.45) is 0. The Morgan fingerprint density at radius 3 is 1.86 bits per heavy atom. The molecule has 0 saturated carbocycles. The number of hydrogen-bond donors (Lipinski definition) is 1. The van der Waals surface area contributed by atoms with Crippen molar-refractivity contribution < 1.29 is 37.6 Å². The van der Waals surface area contributed by atoms with E-state index in [0.29, 0.717) is 0 Å². The molecule has 36 valence electrons. The van der Waals surface area contributed by atoms with Gasteiger partial charge in [0.05, 0.1) is 3.58 Å². The van der Waals surface area contributed by atoms with Crippen LogP contribution in [0.25, 0.3) is 0 Å². The van der Waals surface area contributed by atoms with Gasteiger partial charge in [-0.1, -0.05) is 6.58 Å². The third-order valence-electron chi connectivity index (χ3n) is 0.232. The van der Waals surface area contributed by atoms with Crippen LogP contribution >= 0.6 is 22.6 Å². The van der Waals surface area contributed by atoms with E-state index in [4.69, 9.17) is 5.11 Å². The summed E-state index contributed by atoms with van der Waals surface area (Å²) in [5.74, 6) is -0.949. The molecule has 0 aromatic heterocycles. The molecule has 0 heterocycles. The first kappa shape index (κ1) is 10.8. The predicted octanol–water partition coefficient (Wildman–Crippen LogP) is 1.02. The Morgan fingerprint density at radius 2 is 1.86 bits per heavy atom. The number of halogens is 1. The normalized spacial score (nSPS) is 6.43. The van der Waals surface area contributed by atoms with E-state index in [2.05, 4.69) is 6.58 Å². The van der Waals surface area contributed by atoms with Crippen LogP contribution in [0.4, 0.5) is 0 Å². The first-order valence-electron chi connectivity index (χ1n) is 1.22. The van der Waals surface area contributed by atoms with Crippen molar-refractivity contribution in [2.75, 3.05) is 0 Å². The Labute approximate surface area is 75.6 Å². The van der Waals surface area contributed by atoms with E-state index in [9.17, 15) is 4.79 Å². The van der Waals surface area contributed by atoms with E-state index >= 15 is 0 Å². The largest absolute Gasteiger partial charge is 0.477 e. The minimum absolute atomic E-state index is 0. The molecule has 4 heteroatoms. The number of carboxylic acid groups (broad SMARTS) is 1. The zero-order chi connectivity index (χ0) is 5.15. The van der Waals surface area contributed by atoms with Crippen LogP contribution in [-0.2, 0) is 32.5 Å². The smallest absolute Gasteiger partial charge is 0.341 e. The van der Waals surface area contributed by atoms with Crippen LogP contribution in [0.15, 0.2) is 10.2 Å². The van der Waals surface area contributed by atoms with Crippen LogP contribution in [0.3, 0.4) is 0 Å². The fourth-order valence-corrected chi connectivity index (χ4v) is 0. The van der Waals surface area contributed by atoms with Gasteiger partial charge in [-0.3, -0.25) is 0 Å². The minimum Gasteiger partial charge on any atom is -0.477 e. The standard InChI is InChI=1S/C3H3IO2.Hg/c1-2(4)3(5)6;/h1H2,(H,5,6);. The third-order valence-corrected chi connectivity index (χ3v) is 0.693. The molecular weight excluding hydrogens is 396 g/mol. The SMILES string of the molecule is C=C(I)C(=O)O.[Hg]. The van der Waals surface area contributed by atoms with Crippen LogP contribution in [0.1, 0.15) is 0 Å². The predicted molar refractivity (Wildman–Crippen MR) is 30.8 cm³/mol. The van der Waals surface area contributed by atoms with Gasteiger partial charge in [0.2, 0.25) is 0 Å². The molecule has 0 aliphatic rings. The van der Waals surface area contributed by atoms with E-state index < -0.39 is 5.97 Å². The maximum Gasteiger partial charge on any atom is 0.341 e. The zero-order valence-corrected chi connectivity index (χ0v) is 11.3. The molecule has 0 fully saturated rings. The second kappa shape index (κ2) is 5.02. The van der Waals surface area contributed by atoms with Crippen LogP contribution in [0, 0.1) is 0 Å². The van der Waals surface area contributed by atoms with Crippen molar-refractivity contribution in [1.29, 1.82) is 0 Å². The average molecular weight is 399 g/mol. The maximum atomic E-state index is 9.59. The fourth-order valence-electron chi connectivity index (χ4n) is 0. The van der Waals surface area contributed by atoms with Gasteiger partial charge in [-0.05, 0) is 22.6 Å². The summed E-state index contributed by atoms with van der Waals surface area (Å²) in [6.45, 7) is 3.14. The third kappa shape index (κ3) is 6.88. The molecule has 0 aromatic carbocycles. The quantitative estimate of drug-likeness (QED) is 0.407. The van der Waals surface area contributed by atoms with Crippen molar-refractivity contribution in [2.45, 2.75) is 0 Å². The topological polar surface area (TPSA) is 37.3 Å². The first-order chi connectivity index (χ1) is 2.64. The van der Waals surface area contributed by atoms with E-state index in [1.807, 2.05) is 0 Å². The Hall–Kier alpha value is 0.875. The molecule has 0 saturated heterocycles. The summed E-state index contributed by atoms with van der Waals surface area (Å²) in [4.78, 5) is 9.59. The van der Waals surface area contributed by atoms with Crippen LogP contribution in [0.5, 0.6) is 0 Å². The zero-order valence-electron chi connectivity index (χ0n) is 3.65. The molecule has 0 spiro atoms. The molecule has 0 radical (unpaired) electrons. The van der Waals surface area contributed by atoms with E-state index in [1.54, 1.807) is 22.6 Å². The van der Waals surface area contributed by atoms with Gasteiger partial charge in [0, 0.05) is 27.7 Å². The Kier molecular flexibility index (Phi) is 7.73. The van der Waals surface area contributed by atoms with Crippen molar-refractivity contribution in [2.24, 2.45) is 0 Å². The van der Waals surface area contributed by atoms with Crippen molar-refractivity contribution in [1.82, 2.24) is 0 Å². The maximum absolute atomic E-state index is 9.59. The molecule has 0 amide bonds. The molecule has 2 nitrogen and oxygen atoms in total. The molecule has 0 bridgehead atoms. The Balaban J connectivity index is 0. The van der Waals surface area contributed by atoms with Gasteiger partial charge in [0.25, 0.3) is 0 Å². The summed E-state index contributed by atoms with van der Waals surface area (Å²) in [5, 5.41) is 7.88. The number of hydrogen-bond acceptors (Lipinski definition) is 1. The van der Waals surface area contributed by atoms with Gasteiger partial charge < -0.3 is 5.11 Å². The molecule has 0 atom stereocenters. The summed E-state index contributed by atoms with van der Waals surface area (Å²) >= 11 is 1.64. The van der Waals surface area contributed by atoms with Gasteiger partial charge in [-0.15, -0.1) is 0 Å². The molecule has 7 heavy (non-hydrogen) atoms. The average Bonchev–Trinajstić information content (AvgIpc) is 1.36. The van der Waals surface area contributed by atoms with Gasteiger partial charge in [-0.25, -0.2) is 4.79 Å². The van der Waals surface area contributed by atoms with Crippen LogP contribution in [-0.4, -0.2) is 11.1 Å². The molecule has 0 unspecified atom stereocenters. The number of carbonyl (C=O) groups is 1. The van der Waals surface area contributed by atoms with E-state index in [0.717, 1.165) is 0 Å². The monoisotopic (exact) mass is 400 g/mol. The second-order valence-corrected chi connectivity index (χ2v) is 2.01. The van der Waals surface area contributed by atoms with Gasteiger partial charge in [0.15, 0.2) is 0 Å². The molecule has 0 aliphatic carbocycles. The van der Waals surface area contributed by atoms with Crippen molar-refractivity contribution in [3.8, 4) is 0 Å². The Bertz CT molecular complexity index is 78.9. The number of carboxylic acids is 1. The Morgan fingerprint density at radius 1 is 1.71 bits per heavy atom. The van der Waals surface area contributed by atoms with Crippen LogP contribution < -0.4 is 0 Å². The van der Waals surface area contributed by atoms with E-state index in [-0.39, 0.29) is 31.2 Å². The minimum atomic E-state index is -0.949. The molecule has 0 aromatic rings. The summed E-state index contributed by atoms with van der Waals surface area (Å²) in [5.41, 5.74) is 0. The van der Waals surface area contributed by atoms with E-state index in [1.165, 1.54) is 0 Å². The molecule has 1 N–H and O–H groups in total. The van der Waals surface area contributed by atoms with Crippen molar-refractivity contribution >= 4 is 28.6 Å². The molecular formula is C3H3HgIO2. The fraction of sp³-hybridized carbons (Fsp3) is 0. The summed E-state index contributed by atoms with van der Waals surface area (Å²) < 4.78 is 0.146. The van der Waals surface area contributed by atoms with Gasteiger partial charge >= 0.3 is 5.97 Å². The van der Waals surface area contributed by atoms with Crippen molar-refractivity contribution in [3.63, 3.8) is 0 Å². The first-order valence-corrected chi connectivity index (χ1v) is 2.30. The van der Waals surface area contributed by atoms with Crippen molar-refractivity contribution in [3.05, 3.63) is 10.2 Å². The van der Waals surface area contributed by atoms with Gasteiger partial charge in [-0.2, -0.15) is 0 Å². The molecule has 0 rings (SSSR count). The van der Waals surface area contributed by atoms with Crippen LogP contribution in [0.2, 0.25) is 0 Å². The molecule has 0 aliphatic heterocycles. The van der Waals surface area contributed by atoms with Gasteiger partial charge in [0.1, 0.15) is 0 Å². The number of rotatable bonds is 1. The summed E-state index contributed by atoms with van der Waals surface area (Å²) in [6, 6.07) is 0. The summed E-state index contributed by atoms with van der Waals surface area (Å²) in [7, 11) is 0. The second-order valence-electron chi connectivity index (χ2n) is 0.710.